The topological polar surface area (TPSA) is 164 Å². The van der Waals surface area contributed by atoms with Gasteiger partial charge in [-0.05, 0) is 57.2 Å². The Kier molecular flexibility index (Phi) is 9.68. The number of rotatable bonds is 10. The fourth-order valence-electron chi connectivity index (χ4n) is 2.92. The SMILES string of the molecule is COC[C@H](NC(=O)c1ccc(C(=N)NC(=O)OC(C)(C)C)cc1)C(=O)c1ccc(OCC(=O)O)cc1. The van der Waals surface area contributed by atoms with Gasteiger partial charge in [0, 0.05) is 23.8 Å². The number of nitrogens with one attached hydrogen (secondary N) is 3. The number of carboxylic acid groups (broad SMARTS) is 1. The minimum absolute atomic E-state index is 0.0790. The third kappa shape index (κ3) is 8.84. The first-order chi connectivity index (χ1) is 16.9. The van der Waals surface area contributed by atoms with Crippen LogP contribution < -0.4 is 15.4 Å². The molecule has 2 aromatic carbocycles. The van der Waals surface area contributed by atoms with Gasteiger partial charge in [-0.3, -0.25) is 20.3 Å². The minimum Gasteiger partial charge on any atom is -0.482 e. The molecule has 0 radical (unpaired) electrons. The Morgan fingerprint density at radius 1 is 0.944 bits per heavy atom. The second-order valence-corrected chi connectivity index (χ2v) is 8.63. The highest BCUT2D eigenvalue weighted by Gasteiger charge is 2.23. The number of alkyl carbamates (subject to hydrolysis) is 1. The molecule has 0 saturated carbocycles. The second kappa shape index (κ2) is 12.5. The number of amidine groups is 1. The second-order valence-electron chi connectivity index (χ2n) is 8.63. The van der Waals surface area contributed by atoms with Crippen LogP contribution in [0.3, 0.4) is 0 Å². The Morgan fingerprint density at radius 2 is 1.50 bits per heavy atom. The molecule has 2 rings (SSSR count). The van der Waals surface area contributed by atoms with Crippen LogP contribution >= 0.6 is 0 Å². The van der Waals surface area contributed by atoms with Crippen LogP contribution in [0.25, 0.3) is 0 Å². The number of ether oxygens (including phenoxy) is 3. The highest BCUT2D eigenvalue weighted by Crippen LogP contribution is 2.14. The molecular formula is C25H29N3O8. The van der Waals surface area contributed by atoms with Crippen LogP contribution in [0.2, 0.25) is 0 Å². The highest BCUT2D eigenvalue weighted by molar-refractivity contribution is 6.06. The molecule has 11 heteroatoms. The lowest BCUT2D eigenvalue weighted by atomic mass is 10.0. The summed E-state index contributed by atoms with van der Waals surface area (Å²) in [5, 5.41) is 21.6. The van der Waals surface area contributed by atoms with E-state index in [4.69, 9.17) is 24.7 Å². The molecule has 192 valence electrons. The highest BCUT2D eigenvalue weighted by atomic mass is 16.6. The molecule has 1 atom stereocenters. The molecule has 0 aromatic heterocycles. The van der Waals surface area contributed by atoms with Crippen molar-refractivity contribution in [2.24, 2.45) is 0 Å². The van der Waals surface area contributed by atoms with Gasteiger partial charge in [0.25, 0.3) is 5.91 Å². The van der Waals surface area contributed by atoms with Crippen molar-refractivity contribution in [3.63, 3.8) is 0 Å². The number of carbonyl (C=O) groups is 4. The van der Waals surface area contributed by atoms with Gasteiger partial charge in [0.05, 0.1) is 6.61 Å². The van der Waals surface area contributed by atoms with Crippen molar-refractivity contribution in [1.29, 1.82) is 5.41 Å². The number of methoxy groups -OCH3 is 1. The molecule has 0 saturated heterocycles. The molecule has 0 bridgehead atoms. The van der Waals surface area contributed by atoms with Gasteiger partial charge in [0.1, 0.15) is 23.2 Å². The zero-order valence-electron chi connectivity index (χ0n) is 20.4. The normalized spacial score (nSPS) is 11.7. The summed E-state index contributed by atoms with van der Waals surface area (Å²) in [4.78, 5) is 48.1. The number of hydrogen-bond acceptors (Lipinski definition) is 8. The first kappa shape index (κ1) is 28.0. The number of Topliss-reactive ketones (excluding diaryl/α,β-unsaturated/α-hetero) is 1. The van der Waals surface area contributed by atoms with Gasteiger partial charge >= 0.3 is 12.1 Å². The van der Waals surface area contributed by atoms with Crippen molar-refractivity contribution in [1.82, 2.24) is 10.6 Å². The fraction of sp³-hybridized carbons (Fsp3) is 0.320. The van der Waals surface area contributed by atoms with E-state index in [2.05, 4.69) is 10.6 Å². The van der Waals surface area contributed by atoms with Gasteiger partial charge < -0.3 is 24.6 Å². The number of carbonyl (C=O) groups excluding carboxylic acids is 3. The quantitative estimate of drug-likeness (QED) is 0.220. The largest absolute Gasteiger partial charge is 0.482 e. The van der Waals surface area contributed by atoms with E-state index in [1.54, 1.807) is 20.8 Å². The van der Waals surface area contributed by atoms with Crippen LogP contribution in [-0.4, -0.2) is 66.7 Å². The Morgan fingerprint density at radius 3 is 2.03 bits per heavy atom. The third-order valence-electron chi connectivity index (χ3n) is 4.52. The van der Waals surface area contributed by atoms with Crippen LogP contribution in [0.1, 0.15) is 47.1 Å². The van der Waals surface area contributed by atoms with E-state index in [-0.39, 0.29) is 29.3 Å². The van der Waals surface area contributed by atoms with Crippen molar-refractivity contribution in [3.05, 3.63) is 65.2 Å². The van der Waals surface area contributed by atoms with Gasteiger partial charge in [-0.15, -0.1) is 0 Å². The van der Waals surface area contributed by atoms with Gasteiger partial charge in [-0.1, -0.05) is 12.1 Å². The minimum atomic E-state index is -1.12. The predicted molar refractivity (Wildman–Crippen MR) is 130 cm³/mol. The summed E-state index contributed by atoms with van der Waals surface area (Å²) in [7, 11) is 1.40. The lowest BCUT2D eigenvalue weighted by molar-refractivity contribution is -0.139. The van der Waals surface area contributed by atoms with E-state index in [0.717, 1.165) is 0 Å². The number of hydrogen-bond donors (Lipinski definition) is 4. The van der Waals surface area contributed by atoms with Crippen molar-refractivity contribution in [3.8, 4) is 5.75 Å². The van der Waals surface area contributed by atoms with Crippen molar-refractivity contribution >= 4 is 29.6 Å². The first-order valence-corrected chi connectivity index (χ1v) is 10.9. The van der Waals surface area contributed by atoms with Crippen LogP contribution in [0, 0.1) is 5.41 Å². The van der Waals surface area contributed by atoms with Gasteiger partial charge in [0.15, 0.2) is 12.4 Å². The van der Waals surface area contributed by atoms with Crippen molar-refractivity contribution in [2.75, 3.05) is 20.3 Å². The molecule has 0 fully saturated rings. The zero-order valence-corrected chi connectivity index (χ0v) is 20.4. The molecule has 36 heavy (non-hydrogen) atoms. The Hall–Kier alpha value is -4.25. The van der Waals surface area contributed by atoms with Crippen LogP contribution in [0.5, 0.6) is 5.75 Å². The smallest absolute Gasteiger partial charge is 0.413 e. The fourth-order valence-corrected chi connectivity index (χ4v) is 2.92. The zero-order chi connectivity index (χ0) is 26.9. The molecule has 4 N–H and O–H groups in total. The Labute approximate surface area is 208 Å². The lowest BCUT2D eigenvalue weighted by Crippen LogP contribution is -2.44. The Balaban J connectivity index is 2.04. The van der Waals surface area contributed by atoms with Crippen LogP contribution in [-0.2, 0) is 14.3 Å². The first-order valence-electron chi connectivity index (χ1n) is 10.9. The summed E-state index contributed by atoms with van der Waals surface area (Å²) >= 11 is 0. The van der Waals surface area contributed by atoms with Crippen LogP contribution in [0.4, 0.5) is 4.79 Å². The summed E-state index contributed by atoms with van der Waals surface area (Å²) in [6.45, 7) is 4.53. The average Bonchev–Trinajstić information content (AvgIpc) is 2.81. The molecule has 2 aromatic rings. The van der Waals surface area contributed by atoms with Crippen LogP contribution in [0.15, 0.2) is 48.5 Å². The van der Waals surface area contributed by atoms with Crippen molar-refractivity contribution < 1.29 is 38.5 Å². The predicted octanol–water partition coefficient (Wildman–Crippen LogP) is 2.63. The maximum Gasteiger partial charge on any atom is 0.413 e. The lowest BCUT2D eigenvalue weighted by Gasteiger charge is -2.20. The van der Waals surface area contributed by atoms with Gasteiger partial charge in [-0.2, -0.15) is 0 Å². The molecular weight excluding hydrogens is 470 g/mol. The molecule has 0 heterocycles. The van der Waals surface area contributed by atoms with Gasteiger partial charge in [-0.25, -0.2) is 9.59 Å². The van der Waals surface area contributed by atoms with E-state index in [9.17, 15) is 19.2 Å². The summed E-state index contributed by atoms with van der Waals surface area (Å²) < 4.78 is 15.3. The average molecular weight is 500 g/mol. The molecule has 0 unspecified atom stereocenters. The summed E-state index contributed by atoms with van der Waals surface area (Å²) in [5.41, 5.74) is 0.151. The maximum absolute atomic E-state index is 12.9. The summed E-state index contributed by atoms with van der Waals surface area (Å²) in [6.07, 6.45) is -0.767. The standard InChI is InChI=1S/C25H29N3O8/c1-25(2,3)36-24(33)28-22(26)16-5-7-17(8-6-16)23(32)27-19(13-34-4)21(31)15-9-11-18(12-10-15)35-14-20(29)30/h5-12,19H,13-14H2,1-4H3,(H,27,32)(H,29,30)(H2,26,28,33)/t19-/m0/s1. The van der Waals surface area contributed by atoms with Gasteiger partial charge in [0.2, 0.25) is 0 Å². The number of amides is 2. The molecule has 0 aliphatic heterocycles. The number of benzene rings is 2. The van der Waals surface area contributed by atoms with E-state index in [1.807, 2.05) is 0 Å². The molecule has 0 aliphatic rings. The molecule has 2 amide bonds. The number of carboxylic acids is 1. The number of ketones is 1. The monoisotopic (exact) mass is 499 g/mol. The number of aliphatic carboxylic acids is 1. The molecule has 0 aliphatic carbocycles. The van der Waals surface area contributed by atoms with Crippen molar-refractivity contribution in [2.45, 2.75) is 32.4 Å². The van der Waals surface area contributed by atoms with E-state index < -0.39 is 42.0 Å². The van der Waals surface area contributed by atoms with E-state index in [0.29, 0.717) is 5.56 Å². The Bertz CT molecular complexity index is 1110. The van der Waals surface area contributed by atoms with E-state index in [1.165, 1.54) is 55.6 Å². The summed E-state index contributed by atoms with van der Waals surface area (Å²) in [5.74, 6) is -1.98. The molecule has 11 nitrogen and oxygen atoms in total. The maximum atomic E-state index is 12.9. The van der Waals surface area contributed by atoms with E-state index >= 15 is 0 Å². The molecule has 0 spiro atoms. The summed E-state index contributed by atoms with van der Waals surface area (Å²) in [6, 6.07) is 10.7. The third-order valence-corrected chi connectivity index (χ3v) is 4.52.